The van der Waals surface area contributed by atoms with Crippen molar-refractivity contribution in [2.45, 2.75) is 26.7 Å². The van der Waals surface area contributed by atoms with Crippen LogP contribution in [0.15, 0.2) is 48.5 Å². The van der Waals surface area contributed by atoms with Crippen molar-refractivity contribution in [1.29, 1.82) is 0 Å². The minimum atomic E-state index is 0.103. The Kier molecular flexibility index (Phi) is 4.99. The minimum absolute atomic E-state index is 0.103. The van der Waals surface area contributed by atoms with Crippen molar-refractivity contribution < 1.29 is 4.79 Å². The van der Waals surface area contributed by atoms with Crippen molar-refractivity contribution in [2.75, 3.05) is 17.2 Å². The van der Waals surface area contributed by atoms with Crippen LogP contribution >= 0.6 is 0 Å². The first-order chi connectivity index (χ1) is 10.1. The van der Waals surface area contributed by atoms with Crippen molar-refractivity contribution in [2.24, 2.45) is 0 Å². The molecule has 110 valence electrons. The van der Waals surface area contributed by atoms with Crippen LogP contribution in [0.3, 0.4) is 0 Å². The van der Waals surface area contributed by atoms with Gasteiger partial charge in [0, 0.05) is 17.9 Å². The molecule has 0 aliphatic carbocycles. The molecule has 3 nitrogen and oxygen atoms in total. The Morgan fingerprint density at radius 1 is 1.14 bits per heavy atom. The lowest BCUT2D eigenvalue weighted by Crippen LogP contribution is -2.33. The van der Waals surface area contributed by atoms with Gasteiger partial charge < -0.3 is 10.6 Å². The Hall–Kier alpha value is -2.29. The van der Waals surface area contributed by atoms with Crippen molar-refractivity contribution >= 4 is 17.3 Å². The number of rotatable bonds is 5. The maximum Gasteiger partial charge on any atom is 0.231 e. The lowest BCUT2D eigenvalue weighted by molar-refractivity contribution is -0.118. The summed E-state index contributed by atoms with van der Waals surface area (Å²) in [6.45, 7) is 4.81. The topological polar surface area (TPSA) is 46.3 Å². The fourth-order valence-electron chi connectivity index (χ4n) is 2.29. The van der Waals surface area contributed by atoms with E-state index in [1.54, 1.807) is 0 Å². The van der Waals surface area contributed by atoms with Crippen LogP contribution in [-0.2, 0) is 11.2 Å². The molecule has 3 heteroatoms. The molecule has 0 saturated carbocycles. The molecule has 0 aromatic heterocycles. The molecule has 0 atom stereocenters. The number of nitrogens with two attached hydrogens (primary N) is 1. The highest BCUT2D eigenvalue weighted by atomic mass is 16.2. The van der Waals surface area contributed by atoms with Gasteiger partial charge >= 0.3 is 0 Å². The van der Waals surface area contributed by atoms with Crippen molar-refractivity contribution in [3.8, 4) is 0 Å². The Bertz CT molecular complexity index is 605. The fourth-order valence-corrected chi connectivity index (χ4v) is 2.29. The Labute approximate surface area is 126 Å². The van der Waals surface area contributed by atoms with Gasteiger partial charge in [0.25, 0.3) is 0 Å². The van der Waals surface area contributed by atoms with E-state index in [1.807, 2.05) is 60.4 Å². The second kappa shape index (κ2) is 6.93. The second-order valence-electron chi connectivity index (χ2n) is 5.30. The van der Waals surface area contributed by atoms with Gasteiger partial charge in [-0.1, -0.05) is 42.8 Å². The van der Waals surface area contributed by atoms with E-state index in [0.717, 1.165) is 17.7 Å². The Morgan fingerprint density at radius 2 is 1.86 bits per heavy atom. The predicted octanol–water partition coefficient (Wildman–Crippen LogP) is 3.56. The lowest BCUT2D eigenvalue weighted by Gasteiger charge is -2.22. The molecule has 2 aromatic carbocycles. The van der Waals surface area contributed by atoms with Gasteiger partial charge in [0.15, 0.2) is 0 Å². The van der Waals surface area contributed by atoms with Crippen LogP contribution in [0.2, 0.25) is 0 Å². The molecule has 2 N–H and O–H groups in total. The Morgan fingerprint density at radius 3 is 2.48 bits per heavy atom. The first kappa shape index (κ1) is 15.1. The average molecular weight is 282 g/mol. The molecule has 0 fully saturated rings. The second-order valence-corrected chi connectivity index (χ2v) is 5.30. The van der Waals surface area contributed by atoms with Gasteiger partial charge in [-0.3, -0.25) is 4.79 Å². The molecule has 0 spiro atoms. The van der Waals surface area contributed by atoms with E-state index in [1.165, 1.54) is 5.56 Å². The SMILES string of the molecule is CCCN(C(=O)Cc1ccc(C)cc1)c1cccc(N)c1. The summed E-state index contributed by atoms with van der Waals surface area (Å²) in [4.78, 5) is 14.4. The van der Waals surface area contributed by atoms with E-state index < -0.39 is 0 Å². The third kappa shape index (κ3) is 4.09. The molecule has 0 heterocycles. The van der Waals surface area contributed by atoms with Gasteiger partial charge in [0.2, 0.25) is 5.91 Å². The number of hydrogen-bond acceptors (Lipinski definition) is 2. The molecule has 21 heavy (non-hydrogen) atoms. The first-order valence-corrected chi connectivity index (χ1v) is 7.31. The van der Waals surface area contributed by atoms with Gasteiger partial charge in [-0.15, -0.1) is 0 Å². The smallest absolute Gasteiger partial charge is 0.231 e. The highest BCUT2D eigenvalue weighted by Crippen LogP contribution is 2.19. The maximum atomic E-state index is 12.6. The van der Waals surface area contributed by atoms with Crippen LogP contribution in [0.4, 0.5) is 11.4 Å². The van der Waals surface area contributed by atoms with Gasteiger partial charge in [-0.2, -0.15) is 0 Å². The zero-order chi connectivity index (χ0) is 15.2. The number of nitrogens with zero attached hydrogens (tertiary/aromatic N) is 1. The van der Waals surface area contributed by atoms with Gasteiger partial charge in [0.1, 0.15) is 0 Å². The summed E-state index contributed by atoms with van der Waals surface area (Å²) in [5.74, 6) is 0.103. The number of carbonyl (C=O) groups is 1. The van der Waals surface area contributed by atoms with E-state index in [0.29, 0.717) is 18.7 Å². The van der Waals surface area contributed by atoms with E-state index in [-0.39, 0.29) is 5.91 Å². The zero-order valence-corrected chi connectivity index (χ0v) is 12.7. The molecule has 0 aliphatic heterocycles. The number of benzene rings is 2. The van der Waals surface area contributed by atoms with E-state index in [2.05, 4.69) is 6.92 Å². The molecule has 2 rings (SSSR count). The standard InChI is InChI=1S/C18H22N2O/c1-3-11-20(17-6-4-5-16(19)13-17)18(21)12-15-9-7-14(2)8-10-15/h4-10,13H,3,11-12,19H2,1-2H3. The largest absolute Gasteiger partial charge is 0.399 e. The zero-order valence-electron chi connectivity index (χ0n) is 12.7. The van der Waals surface area contributed by atoms with E-state index in [4.69, 9.17) is 5.73 Å². The summed E-state index contributed by atoms with van der Waals surface area (Å²) in [6, 6.07) is 15.6. The highest BCUT2D eigenvalue weighted by Gasteiger charge is 2.15. The molecule has 1 amide bonds. The molecule has 0 saturated heterocycles. The maximum absolute atomic E-state index is 12.6. The first-order valence-electron chi connectivity index (χ1n) is 7.31. The normalized spacial score (nSPS) is 10.4. The number of amides is 1. The van der Waals surface area contributed by atoms with Crippen LogP contribution in [0.5, 0.6) is 0 Å². The predicted molar refractivity (Wildman–Crippen MR) is 88.4 cm³/mol. The number of hydrogen-bond donors (Lipinski definition) is 1. The fraction of sp³-hybridized carbons (Fsp3) is 0.278. The Balaban J connectivity index is 2.17. The quantitative estimate of drug-likeness (QED) is 0.852. The molecule has 0 bridgehead atoms. The molecular weight excluding hydrogens is 260 g/mol. The monoisotopic (exact) mass is 282 g/mol. The number of carbonyl (C=O) groups excluding carboxylic acids is 1. The summed E-state index contributed by atoms with van der Waals surface area (Å²) in [5.41, 5.74) is 9.61. The van der Waals surface area contributed by atoms with Gasteiger partial charge in [-0.25, -0.2) is 0 Å². The summed E-state index contributed by atoms with van der Waals surface area (Å²) < 4.78 is 0. The molecule has 0 radical (unpaired) electrons. The lowest BCUT2D eigenvalue weighted by atomic mass is 10.1. The summed E-state index contributed by atoms with van der Waals surface area (Å²) in [6.07, 6.45) is 1.32. The van der Waals surface area contributed by atoms with Crippen LogP contribution in [0, 0.1) is 6.92 Å². The van der Waals surface area contributed by atoms with Crippen LogP contribution in [0.25, 0.3) is 0 Å². The van der Waals surface area contributed by atoms with E-state index in [9.17, 15) is 4.79 Å². The van der Waals surface area contributed by atoms with Gasteiger partial charge in [-0.05, 0) is 37.1 Å². The van der Waals surface area contributed by atoms with Crippen LogP contribution in [0.1, 0.15) is 24.5 Å². The third-order valence-electron chi connectivity index (χ3n) is 3.41. The minimum Gasteiger partial charge on any atom is -0.399 e. The van der Waals surface area contributed by atoms with Gasteiger partial charge in [0.05, 0.1) is 6.42 Å². The summed E-state index contributed by atoms with van der Waals surface area (Å²) >= 11 is 0. The average Bonchev–Trinajstić information content (AvgIpc) is 2.47. The molecule has 2 aromatic rings. The van der Waals surface area contributed by atoms with Crippen LogP contribution < -0.4 is 10.6 Å². The number of nitrogen functional groups attached to an aromatic ring is 1. The number of aryl methyl sites for hydroxylation is 1. The molecular formula is C18H22N2O. The highest BCUT2D eigenvalue weighted by molar-refractivity contribution is 5.95. The van der Waals surface area contributed by atoms with Crippen molar-refractivity contribution in [3.63, 3.8) is 0 Å². The molecule has 0 aliphatic rings. The number of anilines is 2. The summed E-state index contributed by atoms with van der Waals surface area (Å²) in [5, 5.41) is 0. The van der Waals surface area contributed by atoms with Crippen molar-refractivity contribution in [1.82, 2.24) is 0 Å². The third-order valence-corrected chi connectivity index (χ3v) is 3.41. The summed E-state index contributed by atoms with van der Waals surface area (Å²) in [7, 11) is 0. The van der Waals surface area contributed by atoms with E-state index >= 15 is 0 Å². The molecule has 0 unspecified atom stereocenters. The van der Waals surface area contributed by atoms with Crippen molar-refractivity contribution in [3.05, 3.63) is 59.7 Å². The van der Waals surface area contributed by atoms with Crippen LogP contribution in [-0.4, -0.2) is 12.5 Å².